The quantitative estimate of drug-likeness (QED) is 0.650. The largest absolute Gasteiger partial charge is 0.482 e. The Labute approximate surface area is 156 Å². The molecule has 27 heavy (non-hydrogen) atoms. The van der Waals surface area contributed by atoms with Crippen LogP contribution in [0.25, 0.3) is 10.9 Å². The second-order valence-electron chi connectivity index (χ2n) is 6.74. The predicted molar refractivity (Wildman–Crippen MR) is 104 cm³/mol. The summed E-state index contributed by atoms with van der Waals surface area (Å²) in [5.74, 6) is 0.470. The van der Waals surface area contributed by atoms with Gasteiger partial charge in [-0.1, -0.05) is 24.3 Å². The van der Waals surface area contributed by atoms with E-state index >= 15 is 0 Å². The number of hydrogen-bond donors (Lipinski definition) is 3. The number of aryl methyl sites for hydroxylation is 1. The molecule has 1 atom stereocenters. The van der Waals surface area contributed by atoms with Gasteiger partial charge in [-0.2, -0.15) is 0 Å². The van der Waals surface area contributed by atoms with Crippen LogP contribution in [0, 0.1) is 0 Å². The van der Waals surface area contributed by atoms with E-state index in [1.54, 1.807) is 0 Å². The van der Waals surface area contributed by atoms with Crippen molar-refractivity contribution in [3.63, 3.8) is 0 Å². The first-order valence-electron chi connectivity index (χ1n) is 9.01. The number of para-hydroxylation sites is 1. The van der Waals surface area contributed by atoms with Gasteiger partial charge in [-0.15, -0.1) is 0 Å². The predicted octanol–water partition coefficient (Wildman–Crippen LogP) is 3.31. The minimum atomic E-state index is -0.171. The molecule has 4 rings (SSSR count). The molecule has 0 saturated heterocycles. The zero-order valence-corrected chi connectivity index (χ0v) is 15.0. The molecule has 0 bridgehead atoms. The molecule has 1 unspecified atom stereocenters. The number of benzene rings is 2. The lowest BCUT2D eigenvalue weighted by Crippen LogP contribution is -2.28. The first-order chi connectivity index (χ1) is 13.1. The highest BCUT2D eigenvalue weighted by atomic mass is 16.5. The molecule has 3 aromatic rings. The van der Waals surface area contributed by atoms with Crippen molar-refractivity contribution in [3.8, 4) is 5.75 Å². The topological polar surface area (TPSA) is 83.2 Å². The van der Waals surface area contributed by atoms with Gasteiger partial charge in [0.2, 0.25) is 5.91 Å². The number of rotatable bonds is 5. The molecule has 1 aliphatic heterocycles. The lowest BCUT2D eigenvalue weighted by Gasteiger charge is -2.21. The SMILES string of the molecule is CC(NC(=O)CCc1c[nH]c2ccccc12)c1ccc2c(c1)NC(=O)CO2. The van der Waals surface area contributed by atoms with Crippen LogP contribution in [-0.2, 0) is 16.0 Å². The second-order valence-corrected chi connectivity index (χ2v) is 6.74. The Morgan fingerprint density at radius 1 is 1.26 bits per heavy atom. The Bertz CT molecular complexity index is 1010. The fourth-order valence-electron chi connectivity index (χ4n) is 3.35. The zero-order chi connectivity index (χ0) is 18.8. The maximum atomic E-state index is 12.4. The van der Waals surface area contributed by atoms with E-state index < -0.39 is 0 Å². The Balaban J connectivity index is 1.38. The molecule has 0 aliphatic carbocycles. The molecule has 0 radical (unpaired) electrons. The lowest BCUT2D eigenvalue weighted by atomic mass is 10.1. The van der Waals surface area contributed by atoms with E-state index in [0.717, 1.165) is 22.0 Å². The van der Waals surface area contributed by atoms with E-state index in [4.69, 9.17) is 4.74 Å². The first-order valence-corrected chi connectivity index (χ1v) is 9.01. The maximum absolute atomic E-state index is 12.4. The molecular weight excluding hydrogens is 342 g/mol. The number of aromatic amines is 1. The zero-order valence-electron chi connectivity index (χ0n) is 15.0. The van der Waals surface area contributed by atoms with E-state index in [9.17, 15) is 9.59 Å². The third-order valence-corrected chi connectivity index (χ3v) is 4.81. The van der Waals surface area contributed by atoms with Gasteiger partial charge < -0.3 is 20.4 Å². The number of ether oxygens (including phenoxy) is 1. The number of carbonyl (C=O) groups is 2. The van der Waals surface area contributed by atoms with Crippen molar-refractivity contribution < 1.29 is 14.3 Å². The fourth-order valence-corrected chi connectivity index (χ4v) is 3.35. The number of nitrogens with one attached hydrogen (secondary N) is 3. The Kier molecular flexibility index (Phi) is 4.54. The van der Waals surface area contributed by atoms with Gasteiger partial charge in [0.25, 0.3) is 5.91 Å². The summed E-state index contributed by atoms with van der Waals surface area (Å²) in [4.78, 5) is 27.1. The van der Waals surface area contributed by atoms with Gasteiger partial charge >= 0.3 is 0 Å². The minimum Gasteiger partial charge on any atom is -0.482 e. The van der Waals surface area contributed by atoms with E-state index in [0.29, 0.717) is 24.3 Å². The second kappa shape index (κ2) is 7.15. The summed E-state index contributed by atoms with van der Waals surface area (Å²) < 4.78 is 5.36. The molecule has 0 saturated carbocycles. The van der Waals surface area contributed by atoms with Crippen molar-refractivity contribution in [2.24, 2.45) is 0 Å². The number of aromatic nitrogens is 1. The van der Waals surface area contributed by atoms with Gasteiger partial charge in [-0.25, -0.2) is 0 Å². The van der Waals surface area contributed by atoms with E-state index in [1.807, 2.05) is 49.5 Å². The molecule has 6 heteroatoms. The van der Waals surface area contributed by atoms with E-state index in [2.05, 4.69) is 21.7 Å². The third kappa shape index (κ3) is 3.65. The maximum Gasteiger partial charge on any atom is 0.262 e. The number of anilines is 1. The molecule has 1 aromatic heterocycles. The van der Waals surface area contributed by atoms with Crippen molar-refractivity contribution in [2.45, 2.75) is 25.8 Å². The molecular formula is C21H21N3O3. The average molecular weight is 363 g/mol. The minimum absolute atomic E-state index is 0.00853. The number of H-pyrrole nitrogens is 1. The monoisotopic (exact) mass is 363 g/mol. The first kappa shape index (κ1) is 17.1. The molecule has 2 aromatic carbocycles. The summed E-state index contributed by atoms with van der Waals surface area (Å²) in [6.07, 6.45) is 3.06. The summed E-state index contributed by atoms with van der Waals surface area (Å²) in [5, 5.41) is 6.97. The van der Waals surface area contributed by atoms with Crippen LogP contribution in [0.2, 0.25) is 0 Å². The number of carbonyl (C=O) groups excluding carboxylic acids is 2. The van der Waals surface area contributed by atoms with Crippen LogP contribution >= 0.6 is 0 Å². The van der Waals surface area contributed by atoms with E-state index in [1.165, 1.54) is 0 Å². The number of fused-ring (bicyclic) bond motifs is 2. The number of amides is 2. The van der Waals surface area contributed by atoms with Crippen LogP contribution in [0.3, 0.4) is 0 Å². The molecule has 6 nitrogen and oxygen atoms in total. The highest BCUT2D eigenvalue weighted by Crippen LogP contribution is 2.30. The smallest absolute Gasteiger partial charge is 0.262 e. The fraction of sp³-hybridized carbons (Fsp3) is 0.238. The Morgan fingerprint density at radius 2 is 2.11 bits per heavy atom. The molecule has 1 aliphatic rings. The van der Waals surface area contributed by atoms with Crippen molar-refractivity contribution in [2.75, 3.05) is 11.9 Å². The van der Waals surface area contributed by atoms with Crippen LogP contribution in [0.5, 0.6) is 5.75 Å². The standard InChI is InChI=1S/C21H21N3O3/c1-13(14-6-8-19-18(10-14)24-21(26)12-27-19)23-20(25)9-7-15-11-22-17-5-3-2-4-16(15)17/h2-6,8,10-11,13,22H,7,9,12H2,1H3,(H,23,25)(H,24,26). The normalized spacial score (nSPS) is 14.2. The Hall–Kier alpha value is -3.28. The summed E-state index contributed by atoms with van der Waals surface area (Å²) in [5.41, 5.74) is 3.78. The lowest BCUT2D eigenvalue weighted by molar-refractivity contribution is -0.121. The summed E-state index contributed by atoms with van der Waals surface area (Å²) in [7, 11) is 0. The average Bonchev–Trinajstić information content (AvgIpc) is 3.09. The van der Waals surface area contributed by atoms with Crippen LogP contribution in [0.4, 0.5) is 5.69 Å². The summed E-state index contributed by atoms with van der Waals surface area (Å²) >= 11 is 0. The van der Waals surface area contributed by atoms with Crippen LogP contribution < -0.4 is 15.4 Å². The molecule has 3 N–H and O–H groups in total. The summed E-state index contributed by atoms with van der Waals surface area (Å²) in [6.45, 7) is 1.96. The molecule has 138 valence electrons. The van der Waals surface area contributed by atoms with Gasteiger partial charge in [0.1, 0.15) is 5.75 Å². The number of hydrogen-bond acceptors (Lipinski definition) is 3. The van der Waals surface area contributed by atoms with Crippen LogP contribution in [0.15, 0.2) is 48.7 Å². The molecule has 2 heterocycles. The van der Waals surface area contributed by atoms with Gasteiger partial charge in [0, 0.05) is 23.5 Å². The molecule has 0 fully saturated rings. The highest BCUT2D eigenvalue weighted by Gasteiger charge is 2.18. The van der Waals surface area contributed by atoms with Gasteiger partial charge in [-0.05, 0) is 42.7 Å². The molecule has 0 spiro atoms. The van der Waals surface area contributed by atoms with Gasteiger partial charge in [-0.3, -0.25) is 9.59 Å². The van der Waals surface area contributed by atoms with Crippen molar-refractivity contribution in [1.29, 1.82) is 0 Å². The summed E-state index contributed by atoms with van der Waals surface area (Å²) in [6, 6.07) is 13.5. The van der Waals surface area contributed by atoms with Crippen molar-refractivity contribution >= 4 is 28.4 Å². The Morgan fingerprint density at radius 3 is 3.00 bits per heavy atom. The highest BCUT2D eigenvalue weighted by molar-refractivity contribution is 5.95. The molecule has 2 amide bonds. The van der Waals surface area contributed by atoms with Crippen LogP contribution in [-0.4, -0.2) is 23.4 Å². The third-order valence-electron chi connectivity index (χ3n) is 4.81. The van der Waals surface area contributed by atoms with E-state index in [-0.39, 0.29) is 24.5 Å². The van der Waals surface area contributed by atoms with Crippen molar-refractivity contribution in [1.82, 2.24) is 10.3 Å². The van der Waals surface area contributed by atoms with Gasteiger partial charge in [0.15, 0.2) is 6.61 Å². The van der Waals surface area contributed by atoms with Crippen LogP contribution in [0.1, 0.15) is 30.5 Å². The van der Waals surface area contributed by atoms with Crippen molar-refractivity contribution in [3.05, 3.63) is 59.8 Å². The van der Waals surface area contributed by atoms with Gasteiger partial charge in [0.05, 0.1) is 11.7 Å².